The highest BCUT2D eigenvalue weighted by atomic mass is 19.1. The lowest BCUT2D eigenvalue weighted by molar-refractivity contribution is -0.122. The fourth-order valence-corrected chi connectivity index (χ4v) is 2.30. The minimum Gasteiger partial charge on any atom is -0.478 e. The third kappa shape index (κ3) is 3.48. The van der Waals surface area contributed by atoms with E-state index in [2.05, 4.69) is 5.32 Å². The molecule has 4 heteroatoms. The number of carbonyl (C=O) groups excluding carboxylic acids is 1. The second-order valence-corrected chi connectivity index (χ2v) is 5.24. The highest BCUT2D eigenvalue weighted by Gasteiger charge is 2.16. The monoisotopic (exact) mass is 309 g/mol. The Morgan fingerprint density at radius 3 is 2.48 bits per heavy atom. The van der Waals surface area contributed by atoms with E-state index < -0.39 is 11.9 Å². The molecule has 0 aliphatic carbocycles. The van der Waals surface area contributed by atoms with Crippen LogP contribution in [0.25, 0.3) is 10.8 Å². The Kier molecular flexibility index (Phi) is 4.24. The first-order chi connectivity index (χ1) is 11.1. The Morgan fingerprint density at radius 2 is 1.70 bits per heavy atom. The summed E-state index contributed by atoms with van der Waals surface area (Å²) in [5.74, 6) is -0.755. The number of halogens is 1. The van der Waals surface area contributed by atoms with Gasteiger partial charge in [0.25, 0.3) is 5.91 Å². The highest BCUT2D eigenvalue weighted by molar-refractivity contribution is 5.96. The van der Waals surface area contributed by atoms with Gasteiger partial charge in [0, 0.05) is 5.69 Å². The Balaban J connectivity index is 1.71. The van der Waals surface area contributed by atoms with Crippen molar-refractivity contribution in [2.24, 2.45) is 0 Å². The number of hydrogen-bond donors (Lipinski definition) is 1. The molecule has 0 heterocycles. The van der Waals surface area contributed by atoms with E-state index in [9.17, 15) is 9.18 Å². The van der Waals surface area contributed by atoms with Crippen LogP contribution < -0.4 is 10.1 Å². The van der Waals surface area contributed by atoms with Crippen molar-refractivity contribution in [3.63, 3.8) is 0 Å². The van der Waals surface area contributed by atoms with Crippen LogP contribution in [0, 0.1) is 5.82 Å². The maximum absolute atomic E-state index is 13.6. The van der Waals surface area contributed by atoms with Gasteiger partial charge in [-0.2, -0.15) is 0 Å². The van der Waals surface area contributed by atoms with E-state index in [4.69, 9.17) is 4.74 Å². The van der Waals surface area contributed by atoms with Crippen molar-refractivity contribution >= 4 is 22.4 Å². The summed E-state index contributed by atoms with van der Waals surface area (Å²) in [4.78, 5) is 12.2. The molecule has 0 saturated heterocycles. The molecule has 0 aromatic heterocycles. The number of rotatable bonds is 4. The summed E-state index contributed by atoms with van der Waals surface area (Å²) in [6, 6.07) is 19.6. The van der Waals surface area contributed by atoms with Gasteiger partial charge in [-0.05, 0) is 42.0 Å². The standard InChI is InChI=1S/C19H16FNO2/c1-13(23-18-9-5-4-8-17(18)20)19(22)21-16-11-10-14-6-2-3-7-15(14)12-16/h2-13H,1H3,(H,21,22)/t13-/m0/s1. The summed E-state index contributed by atoms with van der Waals surface area (Å²) in [5, 5.41) is 4.92. The van der Waals surface area contributed by atoms with Crippen LogP contribution in [0.2, 0.25) is 0 Å². The van der Waals surface area contributed by atoms with E-state index in [1.807, 2.05) is 42.5 Å². The van der Waals surface area contributed by atoms with Crippen LogP contribution in [0.4, 0.5) is 10.1 Å². The number of benzene rings is 3. The van der Waals surface area contributed by atoms with E-state index in [0.29, 0.717) is 5.69 Å². The molecular weight excluding hydrogens is 293 g/mol. The van der Waals surface area contributed by atoms with Crippen molar-refractivity contribution < 1.29 is 13.9 Å². The van der Waals surface area contributed by atoms with Crippen LogP contribution in [0.3, 0.4) is 0 Å². The molecule has 1 atom stereocenters. The molecule has 3 rings (SSSR count). The van der Waals surface area contributed by atoms with Crippen LogP contribution in [-0.4, -0.2) is 12.0 Å². The predicted molar refractivity (Wildman–Crippen MR) is 89.1 cm³/mol. The number of anilines is 1. The SMILES string of the molecule is C[C@H](Oc1ccccc1F)C(=O)Nc1ccc2ccccc2c1. The smallest absolute Gasteiger partial charge is 0.265 e. The van der Waals surface area contributed by atoms with Crippen molar-refractivity contribution in [1.82, 2.24) is 0 Å². The number of amides is 1. The number of hydrogen-bond acceptors (Lipinski definition) is 2. The van der Waals surface area contributed by atoms with E-state index >= 15 is 0 Å². The summed E-state index contributed by atoms with van der Waals surface area (Å²) in [7, 11) is 0. The number of ether oxygens (including phenoxy) is 1. The first kappa shape index (κ1) is 15.0. The zero-order valence-corrected chi connectivity index (χ0v) is 12.6. The summed E-state index contributed by atoms with van der Waals surface area (Å²) in [5.41, 5.74) is 0.678. The van der Waals surface area contributed by atoms with Gasteiger partial charge in [0.2, 0.25) is 0 Å². The lowest BCUT2D eigenvalue weighted by Crippen LogP contribution is -2.30. The average molecular weight is 309 g/mol. The van der Waals surface area contributed by atoms with Gasteiger partial charge in [0.05, 0.1) is 0 Å². The molecule has 3 aromatic carbocycles. The predicted octanol–water partition coefficient (Wildman–Crippen LogP) is 4.38. The van der Waals surface area contributed by atoms with E-state index in [0.717, 1.165) is 10.8 Å². The Morgan fingerprint density at radius 1 is 1.00 bits per heavy atom. The summed E-state index contributed by atoms with van der Waals surface area (Å²) in [6.45, 7) is 1.59. The molecular formula is C19H16FNO2. The number of fused-ring (bicyclic) bond motifs is 1. The molecule has 0 aliphatic rings. The zero-order valence-electron chi connectivity index (χ0n) is 12.6. The number of para-hydroxylation sites is 1. The van der Waals surface area contributed by atoms with Gasteiger partial charge in [-0.25, -0.2) is 4.39 Å². The molecule has 0 radical (unpaired) electrons. The van der Waals surface area contributed by atoms with Crippen LogP contribution in [0.15, 0.2) is 66.7 Å². The fourth-order valence-electron chi connectivity index (χ4n) is 2.30. The Bertz CT molecular complexity index is 847. The molecule has 0 aliphatic heterocycles. The molecule has 1 N–H and O–H groups in total. The average Bonchev–Trinajstić information content (AvgIpc) is 2.56. The van der Waals surface area contributed by atoms with Crippen molar-refractivity contribution in [2.45, 2.75) is 13.0 Å². The molecule has 23 heavy (non-hydrogen) atoms. The quantitative estimate of drug-likeness (QED) is 0.776. The molecule has 3 aromatic rings. The first-order valence-corrected chi connectivity index (χ1v) is 7.34. The lowest BCUT2D eigenvalue weighted by atomic mass is 10.1. The van der Waals surface area contributed by atoms with Gasteiger partial charge in [0.1, 0.15) is 0 Å². The second-order valence-electron chi connectivity index (χ2n) is 5.24. The van der Waals surface area contributed by atoms with Gasteiger partial charge >= 0.3 is 0 Å². The van der Waals surface area contributed by atoms with Gasteiger partial charge in [-0.1, -0.05) is 42.5 Å². The molecule has 0 fully saturated rings. The van der Waals surface area contributed by atoms with Gasteiger partial charge in [-0.15, -0.1) is 0 Å². The van der Waals surface area contributed by atoms with Crippen molar-refractivity contribution in [2.75, 3.05) is 5.32 Å². The minimum absolute atomic E-state index is 0.0636. The van der Waals surface area contributed by atoms with Gasteiger partial charge in [-0.3, -0.25) is 4.79 Å². The van der Waals surface area contributed by atoms with E-state index in [-0.39, 0.29) is 11.7 Å². The zero-order chi connectivity index (χ0) is 16.2. The number of carbonyl (C=O) groups is 1. The molecule has 3 nitrogen and oxygen atoms in total. The normalized spacial score (nSPS) is 11.9. The number of nitrogens with one attached hydrogen (secondary N) is 1. The Hall–Kier alpha value is -2.88. The lowest BCUT2D eigenvalue weighted by Gasteiger charge is -2.15. The van der Waals surface area contributed by atoms with Crippen LogP contribution in [0.1, 0.15) is 6.92 Å². The summed E-state index contributed by atoms with van der Waals surface area (Å²) in [6.07, 6.45) is -0.807. The van der Waals surface area contributed by atoms with Crippen molar-refractivity contribution in [1.29, 1.82) is 0 Å². The third-order valence-corrected chi connectivity index (χ3v) is 3.53. The molecule has 0 bridgehead atoms. The van der Waals surface area contributed by atoms with Crippen molar-refractivity contribution in [3.8, 4) is 5.75 Å². The molecule has 1 amide bonds. The van der Waals surface area contributed by atoms with Gasteiger partial charge in [0.15, 0.2) is 17.7 Å². The Labute approximate surface area is 133 Å². The molecule has 0 spiro atoms. The van der Waals surface area contributed by atoms with Crippen LogP contribution >= 0.6 is 0 Å². The van der Waals surface area contributed by atoms with Crippen LogP contribution in [-0.2, 0) is 4.79 Å². The van der Waals surface area contributed by atoms with E-state index in [1.165, 1.54) is 12.1 Å². The maximum Gasteiger partial charge on any atom is 0.265 e. The molecule has 0 unspecified atom stereocenters. The van der Waals surface area contributed by atoms with Crippen molar-refractivity contribution in [3.05, 3.63) is 72.5 Å². The molecule has 0 saturated carbocycles. The van der Waals surface area contributed by atoms with E-state index in [1.54, 1.807) is 19.1 Å². The second kappa shape index (κ2) is 6.48. The summed E-state index contributed by atoms with van der Waals surface area (Å²) >= 11 is 0. The van der Waals surface area contributed by atoms with Crippen LogP contribution in [0.5, 0.6) is 5.75 Å². The summed E-state index contributed by atoms with van der Waals surface area (Å²) < 4.78 is 18.9. The maximum atomic E-state index is 13.6. The largest absolute Gasteiger partial charge is 0.478 e. The third-order valence-electron chi connectivity index (χ3n) is 3.53. The minimum atomic E-state index is -0.807. The first-order valence-electron chi connectivity index (χ1n) is 7.34. The van der Waals surface area contributed by atoms with Gasteiger partial charge < -0.3 is 10.1 Å². The topological polar surface area (TPSA) is 38.3 Å². The molecule has 116 valence electrons. The highest BCUT2D eigenvalue weighted by Crippen LogP contribution is 2.20. The fraction of sp³-hybridized carbons (Fsp3) is 0.105.